The van der Waals surface area contributed by atoms with Gasteiger partial charge in [0.05, 0.1) is 0 Å². The fourth-order valence-corrected chi connectivity index (χ4v) is 5.91. The highest BCUT2D eigenvalue weighted by Crippen LogP contribution is 2.32. The number of primary amides is 2. The van der Waals surface area contributed by atoms with Crippen molar-refractivity contribution in [2.45, 2.75) is 25.7 Å². The van der Waals surface area contributed by atoms with Gasteiger partial charge >= 0.3 is 18.0 Å². The van der Waals surface area contributed by atoms with E-state index in [0.29, 0.717) is 39.3 Å². The van der Waals surface area contributed by atoms with E-state index in [2.05, 4.69) is 4.98 Å². The van der Waals surface area contributed by atoms with Crippen LogP contribution in [0.15, 0.2) is 54.7 Å². The zero-order valence-corrected chi connectivity index (χ0v) is 24.4. The number of halogens is 1. The van der Waals surface area contributed by atoms with Crippen molar-refractivity contribution in [3.05, 3.63) is 65.3 Å². The Morgan fingerprint density at radius 3 is 1.98 bits per heavy atom. The van der Waals surface area contributed by atoms with Crippen LogP contribution >= 0.6 is 11.6 Å². The van der Waals surface area contributed by atoms with Crippen molar-refractivity contribution in [3.8, 4) is 0 Å². The number of pyridine rings is 1. The molecule has 0 bridgehead atoms. The zero-order valence-electron chi connectivity index (χ0n) is 23.7. The van der Waals surface area contributed by atoms with Gasteiger partial charge in [-0.05, 0) is 79.3 Å². The maximum Gasteiger partial charge on any atom is 0.323 e. The third-order valence-electron chi connectivity index (χ3n) is 8.07. The van der Waals surface area contributed by atoms with Crippen LogP contribution in [0.5, 0.6) is 0 Å². The number of carbonyl (C=O) groups is 4. The molecule has 3 aromatic rings. The van der Waals surface area contributed by atoms with E-state index in [-0.39, 0.29) is 12.1 Å². The summed E-state index contributed by atoms with van der Waals surface area (Å²) in [6.07, 6.45) is 5.71. The van der Waals surface area contributed by atoms with Crippen LogP contribution in [0.2, 0.25) is 5.02 Å². The molecular formula is C30H36ClN7O5. The second-order valence-electron chi connectivity index (χ2n) is 10.7. The van der Waals surface area contributed by atoms with Crippen LogP contribution in [0.1, 0.15) is 36.0 Å². The van der Waals surface area contributed by atoms with Gasteiger partial charge in [0.2, 0.25) is 0 Å². The van der Waals surface area contributed by atoms with E-state index in [1.165, 1.54) is 0 Å². The smallest absolute Gasteiger partial charge is 0.323 e. The maximum absolute atomic E-state index is 12.9. The topological polar surface area (TPSA) is 189 Å². The lowest BCUT2D eigenvalue weighted by Crippen LogP contribution is -2.46. The van der Waals surface area contributed by atoms with Gasteiger partial charge < -0.3 is 32.1 Å². The van der Waals surface area contributed by atoms with E-state index < -0.39 is 18.4 Å². The standard InChI is InChI=1S/C18H14ClN3O3.C12H22N4O2/c19-13-2-1-3-14(9-13)22(10-16(23)24)18(25)12-5-4-11-6-7-21-17(20)15(11)8-12;13-11(17)15-5-1-9(2-6-15)10-3-7-16(8-4-10)12(14)18/h1-9H,10H2,(H2,20,21)(H,23,24);9-10H,1-8H2,(H2,13,17)(H2,14,18). The number of piperidine rings is 2. The second-order valence-corrected chi connectivity index (χ2v) is 11.2. The first-order chi connectivity index (χ1) is 20.5. The lowest BCUT2D eigenvalue weighted by Gasteiger charge is -2.39. The lowest BCUT2D eigenvalue weighted by molar-refractivity contribution is -0.135. The largest absolute Gasteiger partial charge is 0.480 e. The summed E-state index contributed by atoms with van der Waals surface area (Å²) in [5, 5.41) is 11.1. The molecule has 2 aromatic carbocycles. The Bertz CT molecular complexity index is 1450. The van der Waals surface area contributed by atoms with Gasteiger partial charge in [-0.1, -0.05) is 23.7 Å². The van der Waals surface area contributed by atoms with E-state index in [4.69, 9.17) is 33.9 Å². The molecule has 5 rings (SSSR count). The number of fused-ring (bicyclic) bond motifs is 1. The number of aromatic nitrogens is 1. The number of carboxylic acid groups (broad SMARTS) is 1. The van der Waals surface area contributed by atoms with Gasteiger partial charge in [-0.3, -0.25) is 14.5 Å². The van der Waals surface area contributed by atoms with Crippen molar-refractivity contribution in [3.63, 3.8) is 0 Å². The van der Waals surface area contributed by atoms with Crippen molar-refractivity contribution in [2.24, 2.45) is 23.3 Å². The number of likely N-dealkylation sites (tertiary alicyclic amines) is 2. The van der Waals surface area contributed by atoms with Crippen molar-refractivity contribution in [2.75, 3.05) is 43.4 Å². The third kappa shape index (κ3) is 8.04. The highest BCUT2D eigenvalue weighted by atomic mass is 35.5. The molecule has 13 heteroatoms. The van der Waals surface area contributed by atoms with Crippen molar-refractivity contribution in [1.82, 2.24) is 14.8 Å². The van der Waals surface area contributed by atoms with Crippen LogP contribution in [-0.4, -0.2) is 76.6 Å². The fraction of sp³-hybridized carbons (Fsp3) is 0.367. The predicted octanol–water partition coefficient (Wildman–Crippen LogP) is 3.77. The number of nitrogen functional groups attached to an aromatic ring is 1. The summed E-state index contributed by atoms with van der Waals surface area (Å²) in [6, 6.07) is 12.6. The molecule has 0 saturated carbocycles. The molecule has 0 radical (unpaired) electrons. The van der Waals surface area contributed by atoms with Gasteiger partial charge in [0, 0.05) is 54.0 Å². The molecule has 2 fully saturated rings. The molecular weight excluding hydrogens is 574 g/mol. The predicted molar refractivity (Wildman–Crippen MR) is 165 cm³/mol. The normalized spacial score (nSPS) is 15.8. The van der Waals surface area contributed by atoms with Gasteiger partial charge in [-0.25, -0.2) is 14.6 Å². The Morgan fingerprint density at radius 2 is 1.47 bits per heavy atom. The van der Waals surface area contributed by atoms with Crippen LogP contribution in [0, 0.1) is 11.8 Å². The summed E-state index contributed by atoms with van der Waals surface area (Å²) in [6.45, 7) is 2.61. The number of nitrogens with two attached hydrogens (primary N) is 3. The quantitative estimate of drug-likeness (QED) is 0.338. The SMILES string of the molecule is NC(=O)N1CCC(C2CCN(C(N)=O)CC2)CC1.Nc1nccc2ccc(C(=O)N(CC(=O)O)c3cccc(Cl)c3)cc12. The number of rotatable bonds is 5. The number of carboxylic acids is 1. The summed E-state index contributed by atoms with van der Waals surface area (Å²) in [7, 11) is 0. The first-order valence-corrected chi connectivity index (χ1v) is 14.4. The monoisotopic (exact) mass is 609 g/mol. The summed E-state index contributed by atoms with van der Waals surface area (Å²) in [5.74, 6) is 0.0380. The van der Waals surface area contributed by atoms with Crippen molar-refractivity contribution in [1.29, 1.82) is 0 Å². The Balaban J connectivity index is 0.000000208. The van der Waals surface area contributed by atoms with Gasteiger partial charge in [-0.15, -0.1) is 0 Å². The molecule has 2 saturated heterocycles. The number of anilines is 2. The summed E-state index contributed by atoms with van der Waals surface area (Å²) >= 11 is 5.96. The Kier molecular flexibility index (Phi) is 10.3. The van der Waals surface area contributed by atoms with Gasteiger partial charge in [0.25, 0.3) is 5.91 Å². The molecule has 1 aromatic heterocycles. The van der Waals surface area contributed by atoms with Gasteiger partial charge in [-0.2, -0.15) is 0 Å². The molecule has 7 N–H and O–H groups in total. The third-order valence-corrected chi connectivity index (χ3v) is 8.31. The molecule has 0 aliphatic carbocycles. The minimum Gasteiger partial charge on any atom is -0.480 e. The molecule has 2 aliphatic rings. The van der Waals surface area contributed by atoms with Crippen LogP contribution in [0.4, 0.5) is 21.1 Å². The number of amides is 5. The minimum atomic E-state index is -1.13. The van der Waals surface area contributed by atoms with Crippen LogP contribution in [-0.2, 0) is 4.79 Å². The van der Waals surface area contributed by atoms with Crippen molar-refractivity contribution < 1.29 is 24.3 Å². The number of carbonyl (C=O) groups excluding carboxylic acids is 3. The average Bonchev–Trinajstić information content (AvgIpc) is 3.00. The molecule has 2 aliphatic heterocycles. The summed E-state index contributed by atoms with van der Waals surface area (Å²) in [5.41, 5.74) is 17.1. The maximum atomic E-state index is 12.9. The highest BCUT2D eigenvalue weighted by Gasteiger charge is 2.31. The van der Waals surface area contributed by atoms with Crippen LogP contribution in [0.25, 0.3) is 10.8 Å². The minimum absolute atomic E-state index is 0.305. The number of urea groups is 2. The molecule has 0 atom stereocenters. The second kappa shape index (κ2) is 14.1. The summed E-state index contributed by atoms with van der Waals surface area (Å²) in [4.78, 5) is 54.8. The molecule has 3 heterocycles. The number of benzene rings is 2. The number of hydrogen-bond donors (Lipinski definition) is 4. The Hall–Kier alpha value is -4.58. The highest BCUT2D eigenvalue weighted by molar-refractivity contribution is 6.31. The number of nitrogens with zero attached hydrogens (tertiary/aromatic N) is 4. The first-order valence-electron chi connectivity index (χ1n) is 14.1. The van der Waals surface area contributed by atoms with E-state index in [1.807, 2.05) is 0 Å². The summed E-state index contributed by atoms with van der Waals surface area (Å²) < 4.78 is 0. The van der Waals surface area contributed by atoms with Crippen molar-refractivity contribution >= 4 is 57.8 Å². The average molecular weight is 610 g/mol. The molecule has 12 nitrogen and oxygen atoms in total. The number of hydrogen-bond acceptors (Lipinski definition) is 6. The Morgan fingerprint density at radius 1 is 0.884 bits per heavy atom. The molecule has 228 valence electrons. The fourth-order valence-electron chi connectivity index (χ4n) is 5.72. The van der Waals surface area contributed by atoms with Gasteiger partial charge in [0.1, 0.15) is 12.4 Å². The van der Waals surface area contributed by atoms with Crippen LogP contribution in [0.3, 0.4) is 0 Å². The number of aliphatic carboxylic acids is 1. The van der Waals surface area contributed by atoms with E-state index >= 15 is 0 Å². The first kappa shape index (κ1) is 31.4. The molecule has 0 unspecified atom stereocenters. The lowest BCUT2D eigenvalue weighted by atomic mass is 9.79. The van der Waals surface area contributed by atoms with Crippen LogP contribution < -0.4 is 22.1 Å². The van der Waals surface area contributed by atoms with E-state index in [0.717, 1.165) is 62.1 Å². The van der Waals surface area contributed by atoms with E-state index in [1.54, 1.807) is 64.5 Å². The van der Waals surface area contributed by atoms with Gasteiger partial charge in [0.15, 0.2) is 0 Å². The Labute approximate surface area is 254 Å². The zero-order chi connectivity index (χ0) is 31.1. The van der Waals surface area contributed by atoms with E-state index in [9.17, 15) is 19.2 Å². The molecule has 43 heavy (non-hydrogen) atoms. The molecule has 0 spiro atoms. The molecule has 5 amide bonds.